The van der Waals surface area contributed by atoms with E-state index in [1.165, 1.54) is 18.2 Å². The summed E-state index contributed by atoms with van der Waals surface area (Å²) in [5.74, 6) is 5.64. The highest BCUT2D eigenvalue weighted by atomic mass is 32.2. The molecule has 0 amide bonds. The van der Waals surface area contributed by atoms with Crippen molar-refractivity contribution in [1.29, 1.82) is 0 Å². The lowest BCUT2D eigenvalue weighted by Crippen LogP contribution is -2.33. The molecular weight excluding hydrogens is 442 g/mol. The molecule has 0 bridgehead atoms. The number of nitrogens with zero attached hydrogens (tertiary/aromatic N) is 5. The van der Waals surface area contributed by atoms with Crippen LogP contribution in [0.15, 0.2) is 88.9 Å². The first-order valence-corrected chi connectivity index (χ1v) is 11.3. The molecule has 0 N–H and O–H groups in total. The summed E-state index contributed by atoms with van der Waals surface area (Å²) in [6.07, 6.45) is 0.400. The summed E-state index contributed by atoms with van der Waals surface area (Å²) in [5, 5.41) is 15.0. The van der Waals surface area contributed by atoms with Crippen LogP contribution in [0.3, 0.4) is 0 Å². The Morgan fingerprint density at radius 2 is 1.67 bits per heavy atom. The van der Waals surface area contributed by atoms with Crippen molar-refractivity contribution in [3.05, 3.63) is 111 Å². The van der Waals surface area contributed by atoms with Crippen LogP contribution in [0.1, 0.15) is 11.1 Å². The van der Waals surface area contributed by atoms with Crippen LogP contribution < -0.4 is 0 Å². The molecule has 0 radical (unpaired) electrons. The predicted octanol–water partition coefficient (Wildman–Crippen LogP) is 4.82. The Hall–Kier alpha value is -4.16. The number of rotatable bonds is 8. The third-order valence-electron chi connectivity index (χ3n) is 4.71. The van der Waals surface area contributed by atoms with E-state index in [0.717, 1.165) is 15.9 Å². The minimum atomic E-state index is -4.21. The number of azide groups is 1. The molecule has 3 aromatic carbocycles. The van der Waals surface area contributed by atoms with Gasteiger partial charge in [0.15, 0.2) is 4.90 Å². The van der Waals surface area contributed by atoms with Gasteiger partial charge in [0.2, 0.25) is 0 Å². The van der Waals surface area contributed by atoms with Crippen molar-refractivity contribution < 1.29 is 13.3 Å². The second-order valence-corrected chi connectivity index (χ2v) is 8.71. The first kappa shape index (κ1) is 23.5. The van der Waals surface area contributed by atoms with Crippen LogP contribution in [0.4, 0.5) is 11.4 Å². The van der Waals surface area contributed by atoms with Gasteiger partial charge in [0, 0.05) is 23.1 Å². The normalized spacial score (nSPS) is 10.7. The van der Waals surface area contributed by atoms with E-state index in [4.69, 9.17) is 5.53 Å². The van der Waals surface area contributed by atoms with E-state index in [9.17, 15) is 18.5 Å². The number of sulfonamides is 1. The maximum atomic E-state index is 13.4. The number of hydrogen-bond acceptors (Lipinski definition) is 5. The smallest absolute Gasteiger partial charge is 0.258 e. The Balaban J connectivity index is 1.95. The molecule has 3 aromatic rings. The van der Waals surface area contributed by atoms with Crippen molar-refractivity contribution >= 4 is 21.4 Å². The molecule has 0 aliphatic carbocycles. The average Bonchev–Trinajstić information content (AvgIpc) is 2.83. The minimum Gasteiger partial charge on any atom is -0.258 e. The fourth-order valence-corrected chi connectivity index (χ4v) is 4.59. The number of para-hydroxylation sites is 1. The van der Waals surface area contributed by atoms with Crippen LogP contribution in [0.5, 0.6) is 0 Å². The Labute approximate surface area is 191 Å². The van der Waals surface area contributed by atoms with Gasteiger partial charge in [-0.2, -0.15) is 4.31 Å². The van der Waals surface area contributed by atoms with E-state index in [0.29, 0.717) is 17.7 Å². The summed E-state index contributed by atoms with van der Waals surface area (Å²) in [6, 6.07) is 21.2. The molecule has 0 atom stereocenters. The fourth-order valence-electron chi connectivity index (χ4n) is 3.09. The maximum Gasteiger partial charge on any atom is 0.289 e. The van der Waals surface area contributed by atoms with Crippen molar-refractivity contribution in [2.75, 3.05) is 13.1 Å². The molecule has 0 aliphatic rings. The van der Waals surface area contributed by atoms with Gasteiger partial charge in [0.25, 0.3) is 15.7 Å². The van der Waals surface area contributed by atoms with Crippen LogP contribution in [0.25, 0.3) is 10.4 Å². The molecule has 0 unspecified atom stereocenters. The van der Waals surface area contributed by atoms with Crippen molar-refractivity contribution in [3.63, 3.8) is 0 Å². The topological polar surface area (TPSA) is 129 Å². The summed E-state index contributed by atoms with van der Waals surface area (Å²) < 4.78 is 27.9. The van der Waals surface area contributed by atoms with Gasteiger partial charge in [-0.15, -0.1) is 0 Å². The van der Waals surface area contributed by atoms with Crippen LogP contribution in [-0.2, 0) is 16.4 Å². The second kappa shape index (κ2) is 10.9. The van der Waals surface area contributed by atoms with E-state index in [1.807, 2.05) is 30.3 Å². The van der Waals surface area contributed by atoms with Crippen LogP contribution in [0.2, 0.25) is 0 Å². The zero-order chi connectivity index (χ0) is 23.7. The van der Waals surface area contributed by atoms with Crippen LogP contribution >= 0.6 is 0 Å². The molecule has 9 nitrogen and oxygen atoms in total. The molecule has 0 saturated carbocycles. The molecule has 0 heterocycles. The molecule has 166 valence electrons. The largest absolute Gasteiger partial charge is 0.289 e. The molecule has 0 aliphatic heterocycles. The zero-order valence-electron chi connectivity index (χ0n) is 17.4. The quantitative estimate of drug-likeness (QED) is 0.119. The van der Waals surface area contributed by atoms with Gasteiger partial charge in [-0.1, -0.05) is 77.6 Å². The predicted molar refractivity (Wildman–Crippen MR) is 124 cm³/mol. The summed E-state index contributed by atoms with van der Waals surface area (Å²) in [6.45, 7) is -0.128. The SMILES string of the molecule is [N-]=[N+]=Nc1ccccc1C#CCN(CCc1ccccc1)S(=O)(=O)c1ccccc1[N+](=O)[O-]. The standard InChI is InChI=1S/C23H19N5O4S/c24-26-25-21-13-5-4-11-20(21)12-8-17-27(18-16-19-9-2-1-3-10-19)33(31,32)23-15-7-6-14-22(23)28(29)30/h1-7,9-11,13-15H,16-18H2. The molecule has 0 fully saturated rings. The highest BCUT2D eigenvalue weighted by molar-refractivity contribution is 7.89. The van der Waals surface area contributed by atoms with Gasteiger partial charge in [-0.25, -0.2) is 8.42 Å². The minimum absolute atomic E-state index is 0.0745. The first-order valence-electron chi connectivity index (χ1n) is 9.84. The van der Waals surface area contributed by atoms with Gasteiger partial charge in [-0.3, -0.25) is 10.1 Å². The van der Waals surface area contributed by atoms with Crippen molar-refractivity contribution in [1.82, 2.24) is 4.31 Å². The maximum absolute atomic E-state index is 13.4. The number of nitro benzene ring substituents is 1. The lowest BCUT2D eigenvalue weighted by atomic mass is 10.1. The van der Waals surface area contributed by atoms with Crippen molar-refractivity contribution in [2.24, 2.45) is 5.11 Å². The van der Waals surface area contributed by atoms with Crippen molar-refractivity contribution in [2.45, 2.75) is 11.3 Å². The number of nitro groups is 1. The van der Waals surface area contributed by atoms with E-state index < -0.39 is 20.6 Å². The number of benzene rings is 3. The van der Waals surface area contributed by atoms with Crippen LogP contribution in [0, 0.1) is 22.0 Å². The molecule has 33 heavy (non-hydrogen) atoms. The fraction of sp³-hybridized carbons (Fsp3) is 0.130. The summed E-state index contributed by atoms with van der Waals surface area (Å²) in [7, 11) is -4.21. The van der Waals surface area contributed by atoms with E-state index in [2.05, 4.69) is 21.9 Å². The van der Waals surface area contributed by atoms with E-state index in [-0.39, 0.29) is 18.0 Å². The molecule has 0 saturated heterocycles. The highest BCUT2D eigenvalue weighted by Gasteiger charge is 2.30. The Morgan fingerprint density at radius 3 is 2.39 bits per heavy atom. The second-order valence-electron chi connectivity index (χ2n) is 6.81. The Morgan fingerprint density at radius 1 is 1.00 bits per heavy atom. The lowest BCUT2D eigenvalue weighted by Gasteiger charge is -2.20. The molecular formula is C23H19N5O4S. The molecule has 10 heteroatoms. The van der Waals surface area contributed by atoms with Gasteiger partial charge >= 0.3 is 0 Å². The third kappa shape index (κ3) is 5.96. The van der Waals surface area contributed by atoms with Gasteiger partial charge in [0.05, 0.1) is 17.2 Å². The van der Waals surface area contributed by atoms with E-state index in [1.54, 1.807) is 24.3 Å². The van der Waals surface area contributed by atoms with Gasteiger partial charge < -0.3 is 0 Å². The van der Waals surface area contributed by atoms with Gasteiger partial charge in [0.1, 0.15) is 0 Å². The first-order chi connectivity index (χ1) is 15.9. The molecule has 0 aromatic heterocycles. The lowest BCUT2D eigenvalue weighted by molar-refractivity contribution is -0.387. The van der Waals surface area contributed by atoms with Gasteiger partial charge in [-0.05, 0) is 29.6 Å². The summed E-state index contributed by atoms with van der Waals surface area (Å²) in [5.41, 5.74) is 9.90. The average molecular weight is 462 g/mol. The summed E-state index contributed by atoms with van der Waals surface area (Å²) >= 11 is 0. The monoisotopic (exact) mass is 461 g/mol. The Kier molecular flexibility index (Phi) is 7.78. The number of hydrogen-bond donors (Lipinski definition) is 0. The van der Waals surface area contributed by atoms with Crippen molar-refractivity contribution in [3.8, 4) is 11.8 Å². The molecule has 3 rings (SSSR count). The highest BCUT2D eigenvalue weighted by Crippen LogP contribution is 2.26. The third-order valence-corrected chi connectivity index (χ3v) is 6.60. The zero-order valence-corrected chi connectivity index (χ0v) is 18.2. The molecule has 0 spiro atoms. The Bertz CT molecular complexity index is 1360. The summed E-state index contributed by atoms with van der Waals surface area (Å²) in [4.78, 5) is 13.1. The van der Waals surface area contributed by atoms with Crippen LogP contribution in [-0.4, -0.2) is 30.7 Å². The van der Waals surface area contributed by atoms with E-state index >= 15 is 0 Å².